The molecule has 1 aliphatic carbocycles. The zero-order valence-corrected chi connectivity index (χ0v) is 9.09. The highest BCUT2D eigenvalue weighted by Crippen LogP contribution is 2.23. The number of hydrogen-bond donors (Lipinski definition) is 1. The maximum absolute atomic E-state index is 5.83. The summed E-state index contributed by atoms with van der Waals surface area (Å²) in [4.78, 5) is 12.3. The molecule has 0 unspecified atom stereocenters. The minimum absolute atomic E-state index is 0.170. The summed E-state index contributed by atoms with van der Waals surface area (Å²) >= 11 is 5.83. The van der Waals surface area contributed by atoms with Gasteiger partial charge >= 0.3 is 0 Å². The van der Waals surface area contributed by atoms with Crippen molar-refractivity contribution in [2.24, 2.45) is 0 Å². The zero-order chi connectivity index (χ0) is 11.0. The molecule has 0 aliphatic heterocycles. The summed E-state index contributed by atoms with van der Waals surface area (Å²) in [7, 11) is 0. The molecule has 0 bridgehead atoms. The summed E-state index contributed by atoms with van der Waals surface area (Å²) < 4.78 is 1.55. The Kier molecular flexibility index (Phi) is 2.21. The maximum atomic E-state index is 5.83. The third kappa shape index (κ3) is 1.96. The SMILES string of the molecule is Clc1nc(NC2CC2)nc(-n2cccn2)n1. The Labute approximate surface area is 96.7 Å². The zero-order valence-electron chi connectivity index (χ0n) is 8.34. The lowest BCUT2D eigenvalue weighted by molar-refractivity contribution is 0.794. The van der Waals surface area contributed by atoms with Crippen molar-refractivity contribution < 1.29 is 0 Å². The van der Waals surface area contributed by atoms with Crippen molar-refractivity contribution in [1.29, 1.82) is 0 Å². The van der Waals surface area contributed by atoms with Crippen LogP contribution < -0.4 is 5.32 Å². The van der Waals surface area contributed by atoms with Crippen LogP contribution in [0.2, 0.25) is 5.28 Å². The Morgan fingerprint density at radius 1 is 1.31 bits per heavy atom. The predicted molar refractivity (Wildman–Crippen MR) is 58.6 cm³/mol. The van der Waals surface area contributed by atoms with Crippen molar-refractivity contribution in [3.05, 3.63) is 23.7 Å². The highest BCUT2D eigenvalue weighted by atomic mass is 35.5. The van der Waals surface area contributed by atoms with Gasteiger partial charge < -0.3 is 5.32 Å². The van der Waals surface area contributed by atoms with Crippen LogP contribution in [0.1, 0.15) is 12.8 Å². The van der Waals surface area contributed by atoms with Crippen molar-refractivity contribution in [1.82, 2.24) is 24.7 Å². The maximum Gasteiger partial charge on any atom is 0.256 e. The van der Waals surface area contributed by atoms with E-state index in [2.05, 4.69) is 25.4 Å². The van der Waals surface area contributed by atoms with Crippen LogP contribution in [0.4, 0.5) is 5.95 Å². The fourth-order valence-electron chi connectivity index (χ4n) is 1.30. The molecular formula is C9H9ClN6. The number of nitrogens with one attached hydrogen (secondary N) is 1. The van der Waals surface area contributed by atoms with Crippen LogP contribution in [0, 0.1) is 0 Å². The van der Waals surface area contributed by atoms with Crippen LogP contribution >= 0.6 is 11.6 Å². The van der Waals surface area contributed by atoms with E-state index in [0.717, 1.165) is 12.8 Å². The molecule has 82 valence electrons. The molecule has 0 spiro atoms. The first-order valence-electron chi connectivity index (χ1n) is 4.99. The first-order chi connectivity index (χ1) is 7.81. The van der Waals surface area contributed by atoms with E-state index >= 15 is 0 Å². The van der Waals surface area contributed by atoms with E-state index < -0.39 is 0 Å². The normalized spacial score (nSPS) is 15.1. The van der Waals surface area contributed by atoms with Crippen molar-refractivity contribution in [2.75, 3.05) is 5.32 Å². The van der Waals surface area contributed by atoms with Crippen LogP contribution in [-0.4, -0.2) is 30.8 Å². The van der Waals surface area contributed by atoms with Gasteiger partial charge in [0.2, 0.25) is 11.2 Å². The smallest absolute Gasteiger partial charge is 0.256 e. The average Bonchev–Trinajstić information content (AvgIpc) is 2.90. The summed E-state index contributed by atoms with van der Waals surface area (Å²) in [6.07, 6.45) is 5.72. The fraction of sp³-hybridized carbons (Fsp3) is 0.333. The van der Waals surface area contributed by atoms with E-state index in [9.17, 15) is 0 Å². The lowest BCUT2D eigenvalue weighted by Crippen LogP contribution is -2.10. The molecular weight excluding hydrogens is 228 g/mol. The molecule has 0 atom stereocenters. The minimum atomic E-state index is 0.170. The van der Waals surface area contributed by atoms with Gasteiger partial charge in [-0.3, -0.25) is 0 Å². The Hall–Kier alpha value is -1.69. The van der Waals surface area contributed by atoms with Gasteiger partial charge in [0, 0.05) is 18.4 Å². The summed E-state index contributed by atoms with van der Waals surface area (Å²) in [5.74, 6) is 0.932. The number of anilines is 1. The first-order valence-corrected chi connectivity index (χ1v) is 5.37. The van der Waals surface area contributed by atoms with Crippen molar-refractivity contribution in [3.63, 3.8) is 0 Å². The summed E-state index contributed by atoms with van der Waals surface area (Å²) in [5, 5.41) is 7.38. The van der Waals surface area contributed by atoms with Gasteiger partial charge in [0.25, 0.3) is 5.95 Å². The molecule has 0 radical (unpaired) electrons. The van der Waals surface area contributed by atoms with Crippen LogP contribution in [0.5, 0.6) is 0 Å². The van der Waals surface area contributed by atoms with Gasteiger partial charge in [-0.15, -0.1) is 0 Å². The van der Waals surface area contributed by atoms with Gasteiger partial charge in [0.1, 0.15) is 0 Å². The standard InChI is InChI=1S/C9H9ClN6/c10-7-13-8(12-6-2-3-6)15-9(14-7)16-5-1-4-11-16/h1,4-6H,2-3H2,(H,12,13,14,15). The third-order valence-electron chi connectivity index (χ3n) is 2.22. The van der Waals surface area contributed by atoms with Gasteiger partial charge in [0.15, 0.2) is 0 Å². The second-order valence-corrected chi connectivity index (χ2v) is 3.94. The Morgan fingerprint density at radius 2 is 2.19 bits per heavy atom. The summed E-state index contributed by atoms with van der Waals surface area (Å²) in [6.45, 7) is 0. The van der Waals surface area contributed by atoms with Crippen LogP contribution in [0.3, 0.4) is 0 Å². The van der Waals surface area contributed by atoms with E-state index in [0.29, 0.717) is 17.9 Å². The molecule has 7 heteroatoms. The van der Waals surface area contributed by atoms with E-state index in [4.69, 9.17) is 11.6 Å². The lowest BCUT2D eigenvalue weighted by atomic mass is 10.7. The molecule has 3 rings (SSSR count). The summed E-state index contributed by atoms with van der Waals surface area (Å²) in [6, 6.07) is 2.27. The van der Waals surface area contributed by atoms with Gasteiger partial charge in [-0.05, 0) is 30.5 Å². The Morgan fingerprint density at radius 3 is 2.88 bits per heavy atom. The number of rotatable bonds is 3. The van der Waals surface area contributed by atoms with E-state index in [1.54, 1.807) is 23.1 Å². The largest absolute Gasteiger partial charge is 0.351 e. The lowest BCUT2D eigenvalue weighted by Gasteiger charge is -2.04. The average molecular weight is 237 g/mol. The molecule has 1 fully saturated rings. The minimum Gasteiger partial charge on any atom is -0.351 e. The molecule has 6 nitrogen and oxygen atoms in total. The van der Waals surface area contributed by atoms with Crippen molar-refractivity contribution >= 4 is 17.5 Å². The monoisotopic (exact) mass is 236 g/mol. The van der Waals surface area contributed by atoms with Crippen LogP contribution in [0.15, 0.2) is 18.5 Å². The highest BCUT2D eigenvalue weighted by molar-refractivity contribution is 6.28. The van der Waals surface area contributed by atoms with Crippen molar-refractivity contribution in [2.45, 2.75) is 18.9 Å². The first kappa shape index (κ1) is 9.53. The van der Waals surface area contributed by atoms with Gasteiger partial charge in [-0.1, -0.05) is 0 Å². The number of hydrogen-bond acceptors (Lipinski definition) is 5. The quantitative estimate of drug-likeness (QED) is 0.870. The molecule has 2 aromatic rings. The van der Waals surface area contributed by atoms with Gasteiger partial charge in [0.05, 0.1) is 0 Å². The van der Waals surface area contributed by atoms with E-state index in [1.807, 2.05) is 0 Å². The second-order valence-electron chi connectivity index (χ2n) is 3.60. The molecule has 0 saturated heterocycles. The van der Waals surface area contributed by atoms with Crippen LogP contribution in [0.25, 0.3) is 5.95 Å². The van der Waals surface area contributed by atoms with Gasteiger partial charge in [-0.2, -0.15) is 20.1 Å². The number of nitrogens with zero attached hydrogens (tertiary/aromatic N) is 5. The topological polar surface area (TPSA) is 68.5 Å². The molecule has 1 saturated carbocycles. The second kappa shape index (κ2) is 3.71. The Balaban J connectivity index is 1.95. The molecule has 16 heavy (non-hydrogen) atoms. The van der Waals surface area contributed by atoms with Crippen molar-refractivity contribution in [3.8, 4) is 5.95 Å². The number of aromatic nitrogens is 5. The predicted octanol–water partition coefficient (Wildman–Crippen LogP) is 1.28. The third-order valence-corrected chi connectivity index (χ3v) is 2.39. The Bertz CT molecular complexity index is 493. The molecule has 0 amide bonds. The van der Waals surface area contributed by atoms with Crippen LogP contribution in [-0.2, 0) is 0 Å². The molecule has 1 N–H and O–H groups in total. The molecule has 0 aromatic carbocycles. The van der Waals surface area contributed by atoms with E-state index in [1.165, 1.54) is 0 Å². The summed E-state index contributed by atoms with van der Waals surface area (Å²) in [5.41, 5.74) is 0. The molecule has 2 aromatic heterocycles. The van der Waals surface area contributed by atoms with E-state index in [-0.39, 0.29) is 5.28 Å². The van der Waals surface area contributed by atoms with Gasteiger partial charge in [-0.25, -0.2) is 4.68 Å². The molecule has 2 heterocycles. The number of halogens is 1. The highest BCUT2D eigenvalue weighted by Gasteiger charge is 2.22. The fourth-order valence-corrected chi connectivity index (χ4v) is 1.46. The molecule has 1 aliphatic rings.